The van der Waals surface area contributed by atoms with Crippen molar-refractivity contribution in [3.05, 3.63) is 53.1 Å². The summed E-state index contributed by atoms with van der Waals surface area (Å²) in [5, 5.41) is 10.8. The Labute approximate surface area is 179 Å². The average Bonchev–Trinajstić information content (AvgIpc) is 2.68. The molecule has 1 aliphatic carbocycles. The summed E-state index contributed by atoms with van der Waals surface area (Å²) in [7, 11) is 0. The second-order valence-electron chi connectivity index (χ2n) is 8.74. The Hall–Kier alpha value is -2.56. The minimum Gasteiger partial charge on any atom is -0.508 e. The molecule has 0 spiro atoms. The number of phenolic OH excluding ortho intramolecular Hbond substituents is 1. The standard InChI is InChI=1S/C25H33NO4/c1-5-25(29)30-15-19-7-8-21(16(2)3)23(11-19)22-9-6-18(12-24(22)28)10-20-13-26(14-20)17(4)27/h6,9,11-12,20-21,23,28H,2,5,7-8,10,13-15H2,1,3-4H3. The third-order valence-corrected chi connectivity index (χ3v) is 6.35. The first-order chi connectivity index (χ1) is 14.3. The van der Waals surface area contributed by atoms with Crippen LogP contribution < -0.4 is 0 Å². The number of ether oxygens (including phenoxy) is 1. The highest BCUT2D eigenvalue weighted by atomic mass is 16.5. The highest BCUT2D eigenvalue weighted by molar-refractivity contribution is 5.74. The molecule has 1 aromatic carbocycles. The largest absolute Gasteiger partial charge is 0.508 e. The molecule has 5 nitrogen and oxygen atoms in total. The van der Waals surface area contributed by atoms with Crippen LogP contribution in [0.2, 0.25) is 0 Å². The maximum Gasteiger partial charge on any atom is 0.305 e. The van der Waals surface area contributed by atoms with Gasteiger partial charge in [-0.25, -0.2) is 0 Å². The fraction of sp³-hybridized carbons (Fsp3) is 0.520. The van der Waals surface area contributed by atoms with Crippen LogP contribution in [-0.4, -0.2) is 41.6 Å². The SMILES string of the molecule is C=C(C)C1CCC(COC(=O)CC)=CC1c1ccc(CC2CN(C(C)=O)C2)cc1O. The number of allylic oxidation sites excluding steroid dienone is 2. The van der Waals surface area contributed by atoms with Crippen LogP contribution >= 0.6 is 0 Å². The highest BCUT2D eigenvalue weighted by Crippen LogP contribution is 2.43. The molecule has 0 aromatic heterocycles. The number of aromatic hydroxyl groups is 1. The van der Waals surface area contributed by atoms with Crippen molar-refractivity contribution in [2.45, 2.75) is 52.4 Å². The van der Waals surface area contributed by atoms with Gasteiger partial charge in [-0.15, -0.1) is 0 Å². The lowest BCUT2D eigenvalue weighted by Crippen LogP contribution is -2.49. The van der Waals surface area contributed by atoms with Crippen molar-refractivity contribution in [1.29, 1.82) is 0 Å². The number of benzene rings is 1. The Balaban J connectivity index is 1.74. The van der Waals surface area contributed by atoms with Crippen LogP contribution in [0.5, 0.6) is 5.75 Å². The van der Waals surface area contributed by atoms with E-state index < -0.39 is 0 Å². The second kappa shape index (κ2) is 9.50. The number of hydrogen-bond donors (Lipinski definition) is 1. The number of carbonyl (C=O) groups is 2. The number of amides is 1. The van der Waals surface area contributed by atoms with Gasteiger partial charge in [0, 0.05) is 37.9 Å². The van der Waals surface area contributed by atoms with Crippen molar-refractivity contribution >= 4 is 11.9 Å². The zero-order valence-electron chi connectivity index (χ0n) is 18.3. The molecule has 1 aromatic rings. The van der Waals surface area contributed by atoms with E-state index in [4.69, 9.17) is 4.74 Å². The zero-order valence-corrected chi connectivity index (χ0v) is 18.3. The fourth-order valence-corrected chi connectivity index (χ4v) is 4.52. The number of esters is 1. The van der Waals surface area contributed by atoms with Gasteiger partial charge in [0.2, 0.25) is 5.91 Å². The molecule has 1 N–H and O–H groups in total. The topological polar surface area (TPSA) is 66.8 Å². The first-order valence-electron chi connectivity index (χ1n) is 10.9. The Morgan fingerprint density at radius 1 is 1.27 bits per heavy atom. The highest BCUT2D eigenvalue weighted by Gasteiger charge is 2.30. The average molecular weight is 412 g/mol. The van der Waals surface area contributed by atoms with Gasteiger partial charge in [-0.05, 0) is 55.2 Å². The summed E-state index contributed by atoms with van der Waals surface area (Å²) < 4.78 is 5.33. The Morgan fingerprint density at radius 3 is 2.60 bits per heavy atom. The van der Waals surface area contributed by atoms with Crippen LogP contribution in [0.3, 0.4) is 0 Å². The lowest BCUT2D eigenvalue weighted by molar-refractivity contribution is -0.142. The summed E-state index contributed by atoms with van der Waals surface area (Å²) in [4.78, 5) is 24.7. The molecule has 162 valence electrons. The number of rotatable bonds is 7. The minimum atomic E-state index is -0.194. The molecule has 2 atom stereocenters. The van der Waals surface area contributed by atoms with Crippen LogP contribution in [0.4, 0.5) is 0 Å². The molecule has 0 saturated carbocycles. The summed E-state index contributed by atoms with van der Waals surface area (Å²) in [6.07, 6.45) is 5.19. The van der Waals surface area contributed by atoms with Crippen molar-refractivity contribution in [2.75, 3.05) is 19.7 Å². The van der Waals surface area contributed by atoms with Crippen molar-refractivity contribution in [1.82, 2.24) is 4.90 Å². The Bertz CT molecular complexity index is 851. The van der Waals surface area contributed by atoms with Gasteiger partial charge in [-0.3, -0.25) is 9.59 Å². The van der Waals surface area contributed by atoms with Gasteiger partial charge in [-0.2, -0.15) is 0 Å². The zero-order chi connectivity index (χ0) is 21.8. The van der Waals surface area contributed by atoms with Gasteiger partial charge in [0.05, 0.1) is 0 Å². The van der Waals surface area contributed by atoms with Crippen LogP contribution in [0.25, 0.3) is 0 Å². The predicted octanol–water partition coefficient (Wildman–Crippen LogP) is 4.36. The molecule has 1 amide bonds. The van der Waals surface area contributed by atoms with E-state index in [1.54, 1.807) is 13.8 Å². The number of carbonyl (C=O) groups excluding carboxylic acids is 2. The van der Waals surface area contributed by atoms with Crippen molar-refractivity contribution in [3.63, 3.8) is 0 Å². The van der Waals surface area contributed by atoms with Gasteiger partial charge in [0.25, 0.3) is 0 Å². The molecule has 1 saturated heterocycles. The molecule has 2 unspecified atom stereocenters. The maximum atomic E-state index is 11.5. The monoisotopic (exact) mass is 411 g/mol. The molecule has 30 heavy (non-hydrogen) atoms. The minimum absolute atomic E-state index is 0.0255. The molecule has 1 aliphatic heterocycles. The first kappa shape index (κ1) is 22.1. The van der Waals surface area contributed by atoms with E-state index in [2.05, 4.69) is 18.7 Å². The summed E-state index contributed by atoms with van der Waals surface area (Å²) in [5.74, 6) is 0.966. The van der Waals surface area contributed by atoms with E-state index in [0.717, 1.165) is 54.6 Å². The first-order valence-corrected chi connectivity index (χ1v) is 10.9. The van der Waals surface area contributed by atoms with E-state index in [1.807, 2.05) is 24.0 Å². The molecule has 5 heteroatoms. The van der Waals surface area contributed by atoms with Gasteiger partial charge in [0.15, 0.2) is 0 Å². The second-order valence-corrected chi connectivity index (χ2v) is 8.74. The van der Waals surface area contributed by atoms with E-state index >= 15 is 0 Å². The molecule has 0 radical (unpaired) electrons. The van der Waals surface area contributed by atoms with Crippen LogP contribution in [0.1, 0.15) is 57.1 Å². The normalized spacial score (nSPS) is 21.6. The fourth-order valence-electron chi connectivity index (χ4n) is 4.52. The molecule has 1 fully saturated rings. The van der Waals surface area contributed by atoms with Gasteiger partial charge in [-0.1, -0.05) is 37.3 Å². The summed E-state index contributed by atoms with van der Waals surface area (Å²) in [6, 6.07) is 5.96. The smallest absolute Gasteiger partial charge is 0.305 e. The van der Waals surface area contributed by atoms with Crippen molar-refractivity contribution in [2.24, 2.45) is 11.8 Å². The van der Waals surface area contributed by atoms with Gasteiger partial charge < -0.3 is 14.7 Å². The van der Waals surface area contributed by atoms with Crippen LogP contribution in [-0.2, 0) is 20.7 Å². The van der Waals surface area contributed by atoms with Crippen molar-refractivity contribution in [3.8, 4) is 5.75 Å². The number of likely N-dealkylation sites (tertiary alicyclic amines) is 1. The number of hydrogen-bond acceptors (Lipinski definition) is 4. The lowest BCUT2D eigenvalue weighted by atomic mass is 9.73. The van der Waals surface area contributed by atoms with Gasteiger partial charge >= 0.3 is 5.97 Å². The quantitative estimate of drug-likeness (QED) is 0.535. The summed E-state index contributed by atoms with van der Waals surface area (Å²) in [5.41, 5.74) is 4.18. The molecular formula is C25H33NO4. The van der Waals surface area contributed by atoms with E-state index in [0.29, 0.717) is 24.7 Å². The molecule has 2 aliphatic rings. The predicted molar refractivity (Wildman–Crippen MR) is 117 cm³/mol. The Kier molecular flexibility index (Phi) is 7.01. The maximum absolute atomic E-state index is 11.5. The molecule has 0 bridgehead atoms. The number of phenols is 1. The Morgan fingerprint density at radius 2 is 2.00 bits per heavy atom. The van der Waals surface area contributed by atoms with Crippen molar-refractivity contribution < 1.29 is 19.4 Å². The van der Waals surface area contributed by atoms with Crippen LogP contribution in [0.15, 0.2) is 42.0 Å². The number of nitrogens with zero attached hydrogens (tertiary/aromatic N) is 1. The van der Waals surface area contributed by atoms with Gasteiger partial charge in [0.1, 0.15) is 12.4 Å². The third-order valence-electron chi connectivity index (χ3n) is 6.35. The molecule has 1 heterocycles. The molecule has 3 rings (SSSR count). The van der Waals surface area contributed by atoms with E-state index in [1.165, 1.54) is 0 Å². The van der Waals surface area contributed by atoms with Crippen LogP contribution in [0, 0.1) is 11.8 Å². The third kappa shape index (κ3) is 5.13. The van der Waals surface area contributed by atoms with E-state index in [-0.39, 0.29) is 23.7 Å². The summed E-state index contributed by atoms with van der Waals surface area (Å²) in [6.45, 7) is 11.5. The lowest BCUT2D eigenvalue weighted by Gasteiger charge is -2.39. The summed E-state index contributed by atoms with van der Waals surface area (Å²) >= 11 is 0. The van der Waals surface area contributed by atoms with E-state index in [9.17, 15) is 14.7 Å². The molecular weight excluding hydrogens is 378 g/mol.